The molecular formula is C17H23ClN2O. The van der Waals surface area contributed by atoms with Gasteiger partial charge in [0.05, 0.1) is 11.6 Å². The second-order valence-corrected chi connectivity index (χ2v) is 6.53. The van der Waals surface area contributed by atoms with E-state index in [0.717, 1.165) is 42.5 Å². The minimum absolute atomic E-state index is 0.217. The van der Waals surface area contributed by atoms with E-state index in [0.29, 0.717) is 11.6 Å². The zero-order valence-electron chi connectivity index (χ0n) is 12.7. The molecule has 1 aromatic heterocycles. The molecule has 0 radical (unpaired) electrons. The van der Waals surface area contributed by atoms with Crippen molar-refractivity contribution in [3.8, 4) is 5.75 Å². The molecular weight excluding hydrogens is 284 g/mol. The van der Waals surface area contributed by atoms with Crippen LogP contribution in [0.5, 0.6) is 5.75 Å². The van der Waals surface area contributed by atoms with Crippen LogP contribution in [0.25, 0.3) is 10.9 Å². The van der Waals surface area contributed by atoms with Crippen LogP contribution in [-0.2, 0) is 0 Å². The van der Waals surface area contributed by atoms with Crippen molar-refractivity contribution in [1.82, 2.24) is 4.98 Å². The summed E-state index contributed by atoms with van der Waals surface area (Å²) in [7, 11) is 0. The van der Waals surface area contributed by atoms with Crippen LogP contribution in [0.15, 0.2) is 30.5 Å². The summed E-state index contributed by atoms with van der Waals surface area (Å²) in [4.78, 5) is 4.37. The van der Waals surface area contributed by atoms with E-state index in [2.05, 4.69) is 18.8 Å². The number of halogens is 1. The molecule has 0 aliphatic carbocycles. The predicted molar refractivity (Wildman–Crippen MR) is 88.9 cm³/mol. The standard InChI is InChI=1S/C17H23ClN2O/c1-17(2,12-19)9-3-4-11-21-15-8-7-14(18)13-6-5-10-20-16(13)15/h5-8,10H,3-4,9,11-12,19H2,1-2H3. The van der Waals surface area contributed by atoms with Gasteiger partial charge in [-0.05, 0) is 55.5 Å². The number of pyridine rings is 1. The summed E-state index contributed by atoms with van der Waals surface area (Å²) in [6.45, 7) is 5.81. The van der Waals surface area contributed by atoms with Gasteiger partial charge in [-0.2, -0.15) is 0 Å². The molecule has 1 aromatic carbocycles. The Morgan fingerprint density at radius 1 is 1.24 bits per heavy atom. The second-order valence-electron chi connectivity index (χ2n) is 6.12. The van der Waals surface area contributed by atoms with Crippen LogP contribution < -0.4 is 10.5 Å². The Labute approximate surface area is 131 Å². The number of aromatic nitrogens is 1. The van der Waals surface area contributed by atoms with Gasteiger partial charge in [-0.3, -0.25) is 4.98 Å². The summed E-state index contributed by atoms with van der Waals surface area (Å²) in [5, 5.41) is 1.64. The lowest BCUT2D eigenvalue weighted by Gasteiger charge is -2.21. The highest BCUT2D eigenvalue weighted by atomic mass is 35.5. The molecule has 114 valence electrons. The fraction of sp³-hybridized carbons (Fsp3) is 0.471. The number of hydrogen-bond donors (Lipinski definition) is 1. The maximum atomic E-state index is 6.17. The Morgan fingerprint density at radius 2 is 2.05 bits per heavy atom. The molecule has 0 fully saturated rings. The van der Waals surface area contributed by atoms with E-state index in [1.165, 1.54) is 0 Å². The summed E-state index contributed by atoms with van der Waals surface area (Å²) in [6.07, 6.45) is 5.01. The van der Waals surface area contributed by atoms with E-state index >= 15 is 0 Å². The van der Waals surface area contributed by atoms with Gasteiger partial charge < -0.3 is 10.5 Å². The summed E-state index contributed by atoms with van der Waals surface area (Å²) >= 11 is 6.17. The van der Waals surface area contributed by atoms with Gasteiger partial charge in [0.1, 0.15) is 11.3 Å². The fourth-order valence-corrected chi connectivity index (χ4v) is 2.43. The summed E-state index contributed by atoms with van der Waals surface area (Å²) < 4.78 is 5.87. The van der Waals surface area contributed by atoms with Crippen molar-refractivity contribution in [2.75, 3.05) is 13.2 Å². The van der Waals surface area contributed by atoms with E-state index in [1.54, 1.807) is 6.20 Å². The van der Waals surface area contributed by atoms with E-state index in [1.807, 2.05) is 24.3 Å². The Kier molecular flexibility index (Phi) is 5.43. The average molecular weight is 307 g/mol. The lowest BCUT2D eigenvalue weighted by Crippen LogP contribution is -2.23. The molecule has 0 aliphatic rings. The number of nitrogens with two attached hydrogens (primary N) is 1. The maximum absolute atomic E-state index is 6.17. The molecule has 0 saturated heterocycles. The van der Waals surface area contributed by atoms with Gasteiger partial charge in [-0.1, -0.05) is 25.4 Å². The van der Waals surface area contributed by atoms with Crippen LogP contribution in [0.3, 0.4) is 0 Å². The lowest BCUT2D eigenvalue weighted by atomic mass is 9.87. The molecule has 2 aromatic rings. The molecule has 0 saturated carbocycles. The highest BCUT2D eigenvalue weighted by Gasteiger charge is 2.14. The summed E-state index contributed by atoms with van der Waals surface area (Å²) in [5.74, 6) is 0.799. The minimum Gasteiger partial charge on any atom is -0.491 e. The zero-order chi connectivity index (χ0) is 15.3. The molecule has 21 heavy (non-hydrogen) atoms. The smallest absolute Gasteiger partial charge is 0.145 e. The first-order valence-corrected chi connectivity index (χ1v) is 7.77. The molecule has 3 nitrogen and oxygen atoms in total. The van der Waals surface area contributed by atoms with Crippen molar-refractivity contribution in [2.45, 2.75) is 33.1 Å². The quantitative estimate of drug-likeness (QED) is 0.770. The zero-order valence-corrected chi connectivity index (χ0v) is 13.5. The van der Waals surface area contributed by atoms with Gasteiger partial charge in [0, 0.05) is 11.6 Å². The topological polar surface area (TPSA) is 48.1 Å². The minimum atomic E-state index is 0.217. The van der Waals surface area contributed by atoms with E-state index in [4.69, 9.17) is 22.1 Å². The van der Waals surface area contributed by atoms with Gasteiger partial charge in [-0.15, -0.1) is 0 Å². The van der Waals surface area contributed by atoms with Gasteiger partial charge in [-0.25, -0.2) is 0 Å². The Balaban J connectivity index is 1.91. The summed E-state index contributed by atoms with van der Waals surface area (Å²) in [6, 6.07) is 7.59. The van der Waals surface area contributed by atoms with E-state index < -0.39 is 0 Å². The molecule has 2 N–H and O–H groups in total. The van der Waals surface area contributed by atoms with Crippen LogP contribution in [0, 0.1) is 5.41 Å². The Bertz CT molecular complexity index is 598. The largest absolute Gasteiger partial charge is 0.491 e. The van der Waals surface area contributed by atoms with Crippen LogP contribution in [-0.4, -0.2) is 18.1 Å². The molecule has 1 heterocycles. The third kappa shape index (κ3) is 4.32. The highest BCUT2D eigenvalue weighted by Crippen LogP contribution is 2.29. The van der Waals surface area contributed by atoms with Gasteiger partial charge in [0.2, 0.25) is 0 Å². The monoisotopic (exact) mass is 306 g/mol. The molecule has 0 aliphatic heterocycles. The number of fused-ring (bicyclic) bond motifs is 1. The molecule has 4 heteroatoms. The first kappa shape index (κ1) is 16.1. The van der Waals surface area contributed by atoms with Crippen molar-refractivity contribution < 1.29 is 4.74 Å². The summed E-state index contributed by atoms with van der Waals surface area (Å²) in [5.41, 5.74) is 6.78. The highest BCUT2D eigenvalue weighted by molar-refractivity contribution is 6.35. The van der Waals surface area contributed by atoms with Crippen LogP contribution in [0.2, 0.25) is 5.02 Å². The van der Waals surface area contributed by atoms with Crippen molar-refractivity contribution in [1.29, 1.82) is 0 Å². The number of rotatable bonds is 7. The number of hydrogen-bond acceptors (Lipinski definition) is 3. The first-order chi connectivity index (χ1) is 10.0. The van der Waals surface area contributed by atoms with Gasteiger partial charge >= 0.3 is 0 Å². The Hall–Kier alpha value is -1.32. The second kappa shape index (κ2) is 7.10. The van der Waals surface area contributed by atoms with Crippen LogP contribution in [0.4, 0.5) is 0 Å². The van der Waals surface area contributed by atoms with E-state index in [-0.39, 0.29) is 5.41 Å². The molecule has 2 rings (SSSR count). The molecule has 0 atom stereocenters. The molecule has 0 bridgehead atoms. The normalized spacial score (nSPS) is 11.8. The fourth-order valence-electron chi connectivity index (χ4n) is 2.22. The first-order valence-electron chi connectivity index (χ1n) is 7.39. The average Bonchev–Trinajstić information content (AvgIpc) is 2.49. The van der Waals surface area contributed by atoms with Crippen molar-refractivity contribution in [3.63, 3.8) is 0 Å². The number of ether oxygens (including phenoxy) is 1. The lowest BCUT2D eigenvalue weighted by molar-refractivity contribution is 0.280. The number of benzene rings is 1. The van der Waals surface area contributed by atoms with Crippen molar-refractivity contribution in [3.05, 3.63) is 35.5 Å². The third-order valence-electron chi connectivity index (χ3n) is 3.74. The van der Waals surface area contributed by atoms with Gasteiger partial charge in [0.25, 0.3) is 0 Å². The maximum Gasteiger partial charge on any atom is 0.145 e. The molecule has 0 spiro atoms. The number of nitrogens with zero attached hydrogens (tertiary/aromatic N) is 1. The molecule has 0 unspecified atom stereocenters. The van der Waals surface area contributed by atoms with Gasteiger partial charge in [0.15, 0.2) is 0 Å². The predicted octanol–water partition coefficient (Wildman–Crippen LogP) is 4.42. The van der Waals surface area contributed by atoms with Crippen LogP contribution in [0.1, 0.15) is 33.1 Å². The third-order valence-corrected chi connectivity index (χ3v) is 4.07. The SMILES string of the molecule is CC(C)(CN)CCCCOc1ccc(Cl)c2cccnc12. The van der Waals surface area contributed by atoms with Crippen molar-refractivity contribution >= 4 is 22.5 Å². The van der Waals surface area contributed by atoms with Crippen LogP contribution >= 0.6 is 11.6 Å². The molecule has 0 amide bonds. The van der Waals surface area contributed by atoms with Crippen molar-refractivity contribution in [2.24, 2.45) is 11.1 Å². The Morgan fingerprint density at radius 3 is 2.81 bits per heavy atom. The number of unbranched alkanes of at least 4 members (excludes halogenated alkanes) is 1. The van der Waals surface area contributed by atoms with E-state index in [9.17, 15) is 0 Å².